The number of sulfonamides is 1. The Kier molecular flexibility index (Phi) is 3.91. The first-order chi connectivity index (χ1) is 8.41. The topological polar surface area (TPSA) is 57.6 Å². The highest BCUT2D eigenvalue weighted by Crippen LogP contribution is 2.27. The minimum Gasteiger partial charge on any atom is -0.392 e. The van der Waals surface area contributed by atoms with Gasteiger partial charge in [0.05, 0.1) is 11.1 Å². The second-order valence-electron chi connectivity index (χ2n) is 4.23. The van der Waals surface area contributed by atoms with E-state index in [1.807, 2.05) is 0 Å². The third kappa shape index (κ3) is 2.66. The van der Waals surface area contributed by atoms with Crippen LogP contribution < -0.4 is 0 Å². The van der Waals surface area contributed by atoms with Gasteiger partial charge in [0, 0.05) is 13.1 Å². The van der Waals surface area contributed by atoms with Gasteiger partial charge in [-0.15, -0.1) is 0 Å². The maximum atomic E-state index is 12.9. The molecule has 1 atom stereocenters. The number of β-amino-alcohol motifs (C(OH)–C–C–N with tert-alkyl or cyclic N) is 1. The summed E-state index contributed by atoms with van der Waals surface area (Å²) in [6.07, 6.45) is 0.523. The minimum absolute atomic E-state index is 0.0516. The normalized spacial score (nSPS) is 22.1. The van der Waals surface area contributed by atoms with Gasteiger partial charge in [0.1, 0.15) is 10.7 Å². The molecule has 18 heavy (non-hydrogen) atoms. The van der Waals surface area contributed by atoms with Crippen molar-refractivity contribution in [3.05, 3.63) is 29.0 Å². The number of hydrogen-bond acceptors (Lipinski definition) is 3. The molecule has 1 fully saturated rings. The van der Waals surface area contributed by atoms with E-state index in [1.165, 1.54) is 4.31 Å². The number of piperidine rings is 1. The number of benzene rings is 1. The number of aliphatic hydroxyl groups excluding tert-OH is 1. The molecule has 100 valence electrons. The molecule has 0 aromatic heterocycles. The molecule has 1 saturated heterocycles. The van der Waals surface area contributed by atoms with Crippen LogP contribution in [0.2, 0.25) is 5.02 Å². The molecule has 1 N–H and O–H groups in total. The monoisotopic (exact) mass is 293 g/mol. The molecular formula is C11H13ClFNO3S. The highest BCUT2D eigenvalue weighted by molar-refractivity contribution is 7.89. The molecular weight excluding hydrogens is 281 g/mol. The van der Waals surface area contributed by atoms with Gasteiger partial charge >= 0.3 is 0 Å². The van der Waals surface area contributed by atoms with Crippen molar-refractivity contribution in [3.63, 3.8) is 0 Å². The Labute approximate surface area is 110 Å². The van der Waals surface area contributed by atoms with Gasteiger partial charge in [0.2, 0.25) is 10.0 Å². The van der Waals surface area contributed by atoms with Gasteiger partial charge in [-0.25, -0.2) is 12.8 Å². The van der Waals surface area contributed by atoms with E-state index >= 15 is 0 Å². The molecule has 0 aliphatic carbocycles. The summed E-state index contributed by atoms with van der Waals surface area (Å²) < 4.78 is 38.6. The summed E-state index contributed by atoms with van der Waals surface area (Å²) in [5, 5.41) is 9.36. The van der Waals surface area contributed by atoms with E-state index in [4.69, 9.17) is 11.6 Å². The minimum atomic E-state index is -3.77. The van der Waals surface area contributed by atoms with Crippen molar-refractivity contribution < 1.29 is 17.9 Å². The van der Waals surface area contributed by atoms with Crippen molar-refractivity contribution in [2.45, 2.75) is 23.8 Å². The molecule has 0 radical (unpaired) electrons. The number of hydrogen-bond donors (Lipinski definition) is 1. The van der Waals surface area contributed by atoms with Crippen LogP contribution in [0.15, 0.2) is 23.1 Å². The van der Waals surface area contributed by atoms with E-state index in [-0.39, 0.29) is 16.5 Å². The fourth-order valence-electron chi connectivity index (χ4n) is 1.96. The zero-order valence-corrected chi connectivity index (χ0v) is 11.1. The van der Waals surface area contributed by atoms with Crippen LogP contribution in [0, 0.1) is 5.82 Å². The summed E-state index contributed by atoms with van der Waals surface area (Å²) in [6, 6.07) is 3.17. The Morgan fingerprint density at radius 2 is 2.17 bits per heavy atom. The second-order valence-corrected chi connectivity index (χ2v) is 6.55. The van der Waals surface area contributed by atoms with Crippen LogP contribution in [-0.4, -0.2) is 37.0 Å². The molecule has 0 spiro atoms. The molecule has 0 unspecified atom stereocenters. The number of aliphatic hydroxyl groups is 1. The first-order valence-corrected chi connectivity index (χ1v) is 7.36. The fourth-order valence-corrected chi connectivity index (χ4v) is 3.98. The predicted octanol–water partition coefficient (Wildman–Crippen LogP) is 1.62. The third-order valence-corrected chi connectivity index (χ3v) is 5.22. The summed E-state index contributed by atoms with van der Waals surface area (Å²) in [4.78, 5) is -0.125. The lowest BCUT2D eigenvalue weighted by Gasteiger charge is -2.29. The maximum Gasteiger partial charge on any atom is 0.244 e. The van der Waals surface area contributed by atoms with Gasteiger partial charge in [-0.3, -0.25) is 0 Å². The van der Waals surface area contributed by atoms with Crippen molar-refractivity contribution in [2.24, 2.45) is 0 Å². The van der Waals surface area contributed by atoms with Gasteiger partial charge in [-0.2, -0.15) is 4.31 Å². The molecule has 1 aliphatic heterocycles. The Bertz CT molecular complexity index is 549. The highest BCUT2D eigenvalue weighted by atomic mass is 35.5. The van der Waals surface area contributed by atoms with E-state index in [1.54, 1.807) is 0 Å². The molecule has 7 heteroatoms. The molecule has 1 aromatic rings. The van der Waals surface area contributed by atoms with Gasteiger partial charge in [-0.05, 0) is 31.0 Å². The van der Waals surface area contributed by atoms with E-state index in [0.29, 0.717) is 19.4 Å². The SMILES string of the molecule is O=S(=O)(c1ccc(F)cc1Cl)N1CCC[C@H](O)C1. The average molecular weight is 294 g/mol. The van der Waals surface area contributed by atoms with Gasteiger partial charge < -0.3 is 5.11 Å². The summed E-state index contributed by atoms with van der Waals surface area (Å²) in [5.74, 6) is -0.586. The molecule has 1 heterocycles. The molecule has 2 rings (SSSR count). The fraction of sp³-hybridized carbons (Fsp3) is 0.455. The van der Waals surface area contributed by atoms with Crippen LogP contribution in [0.1, 0.15) is 12.8 Å². The number of rotatable bonds is 2. The van der Waals surface area contributed by atoms with Crippen molar-refractivity contribution in [2.75, 3.05) is 13.1 Å². The van der Waals surface area contributed by atoms with E-state index in [9.17, 15) is 17.9 Å². The van der Waals surface area contributed by atoms with E-state index in [0.717, 1.165) is 18.2 Å². The number of halogens is 2. The quantitative estimate of drug-likeness (QED) is 0.901. The Morgan fingerprint density at radius 3 is 2.78 bits per heavy atom. The van der Waals surface area contributed by atoms with Crippen LogP contribution in [0.3, 0.4) is 0 Å². The highest BCUT2D eigenvalue weighted by Gasteiger charge is 2.30. The second kappa shape index (κ2) is 5.13. The van der Waals surface area contributed by atoms with Gasteiger partial charge in [0.15, 0.2) is 0 Å². The van der Waals surface area contributed by atoms with E-state index < -0.39 is 21.9 Å². The van der Waals surface area contributed by atoms with Crippen LogP contribution >= 0.6 is 11.6 Å². The zero-order chi connectivity index (χ0) is 13.3. The number of nitrogens with zero attached hydrogens (tertiary/aromatic N) is 1. The Balaban J connectivity index is 2.35. The molecule has 0 saturated carbocycles. The molecule has 4 nitrogen and oxygen atoms in total. The summed E-state index contributed by atoms with van der Waals surface area (Å²) in [6.45, 7) is 0.392. The van der Waals surface area contributed by atoms with Gasteiger partial charge in [-0.1, -0.05) is 11.6 Å². The summed E-state index contributed by atoms with van der Waals surface area (Å²) in [7, 11) is -3.77. The lowest BCUT2D eigenvalue weighted by molar-refractivity contribution is 0.108. The average Bonchev–Trinajstić information content (AvgIpc) is 2.28. The molecule has 0 amide bonds. The Hall–Kier alpha value is -0.690. The van der Waals surface area contributed by atoms with Crippen molar-refractivity contribution in [1.29, 1.82) is 0 Å². The Morgan fingerprint density at radius 1 is 1.44 bits per heavy atom. The predicted molar refractivity (Wildman–Crippen MR) is 65.4 cm³/mol. The third-order valence-electron chi connectivity index (χ3n) is 2.87. The standard InChI is InChI=1S/C11H13ClFNO3S/c12-10-6-8(13)3-4-11(10)18(16,17)14-5-1-2-9(15)7-14/h3-4,6,9,15H,1-2,5,7H2/t9-/m0/s1. The van der Waals surface area contributed by atoms with Crippen LogP contribution in [0.4, 0.5) is 4.39 Å². The molecule has 0 bridgehead atoms. The largest absolute Gasteiger partial charge is 0.392 e. The molecule has 1 aromatic carbocycles. The van der Waals surface area contributed by atoms with Crippen molar-refractivity contribution in [1.82, 2.24) is 4.31 Å². The van der Waals surface area contributed by atoms with Crippen molar-refractivity contribution in [3.8, 4) is 0 Å². The van der Waals surface area contributed by atoms with Crippen LogP contribution in [0.25, 0.3) is 0 Å². The zero-order valence-electron chi connectivity index (χ0n) is 9.51. The summed E-state index contributed by atoms with van der Waals surface area (Å²) >= 11 is 5.76. The summed E-state index contributed by atoms with van der Waals surface area (Å²) in [5.41, 5.74) is 0. The lowest BCUT2D eigenvalue weighted by atomic mass is 10.1. The smallest absolute Gasteiger partial charge is 0.244 e. The molecule has 1 aliphatic rings. The first-order valence-electron chi connectivity index (χ1n) is 5.54. The van der Waals surface area contributed by atoms with Crippen molar-refractivity contribution >= 4 is 21.6 Å². The first kappa shape index (κ1) is 13.7. The van der Waals surface area contributed by atoms with Crippen LogP contribution in [-0.2, 0) is 10.0 Å². The van der Waals surface area contributed by atoms with Crippen LogP contribution in [0.5, 0.6) is 0 Å². The maximum absolute atomic E-state index is 12.9. The van der Waals surface area contributed by atoms with Gasteiger partial charge in [0.25, 0.3) is 0 Å². The van der Waals surface area contributed by atoms with E-state index in [2.05, 4.69) is 0 Å². The lowest BCUT2D eigenvalue weighted by Crippen LogP contribution is -2.42.